The number of carboxylic acids is 1. The van der Waals surface area contributed by atoms with Crippen molar-refractivity contribution in [3.63, 3.8) is 0 Å². The van der Waals surface area contributed by atoms with Gasteiger partial charge in [-0.25, -0.2) is 9.59 Å². The van der Waals surface area contributed by atoms with Crippen molar-refractivity contribution in [3.05, 3.63) is 35.9 Å². The molecule has 1 fully saturated rings. The minimum atomic E-state index is -1.05. The number of urea groups is 1. The maximum atomic E-state index is 12.2. The fourth-order valence-electron chi connectivity index (χ4n) is 2.43. The van der Waals surface area contributed by atoms with Crippen LogP contribution in [0.15, 0.2) is 30.3 Å². The molecule has 0 aromatic heterocycles. The molecule has 0 radical (unpaired) electrons. The minimum Gasteiger partial charge on any atom is -0.479 e. The maximum Gasteiger partial charge on any atom is 0.330 e. The summed E-state index contributed by atoms with van der Waals surface area (Å²) in [6.45, 7) is 5.53. The van der Waals surface area contributed by atoms with Gasteiger partial charge in [0.15, 0.2) is 6.04 Å². The van der Waals surface area contributed by atoms with E-state index in [1.807, 2.05) is 6.07 Å². The molecule has 0 unspecified atom stereocenters. The van der Waals surface area contributed by atoms with Crippen LogP contribution in [0.1, 0.15) is 31.9 Å². The molecule has 1 aromatic carbocycles. The Labute approximate surface area is 118 Å². The van der Waals surface area contributed by atoms with Gasteiger partial charge in [0.1, 0.15) is 0 Å². The zero-order valence-corrected chi connectivity index (χ0v) is 11.8. The number of nitrogens with one attached hydrogen (secondary N) is 1. The van der Waals surface area contributed by atoms with Crippen molar-refractivity contribution < 1.29 is 14.7 Å². The van der Waals surface area contributed by atoms with Crippen LogP contribution in [0.2, 0.25) is 0 Å². The van der Waals surface area contributed by atoms with Gasteiger partial charge in [0.25, 0.3) is 0 Å². The van der Waals surface area contributed by atoms with E-state index in [1.54, 1.807) is 29.2 Å². The second-order valence-electron chi connectivity index (χ2n) is 5.97. The standard InChI is InChI=1S/C15H20N2O3/c1-15(2)8-9-17(10-15)14(20)16-12(13(18)19)11-6-4-3-5-7-11/h3-7,12H,8-10H2,1-2H3,(H,16,20)(H,18,19)/t12-/m1/s1. The SMILES string of the molecule is CC1(C)CCN(C(=O)N[C@@H](C(=O)O)c2ccccc2)C1. The first kappa shape index (κ1) is 14.4. The quantitative estimate of drug-likeness (QED) is 0.889. The molecule has 2 amide bonds. The summed E-state index contributed by atoms with van der Waals surface area (Å²) in [5.41, 5.74) is 0.676. The van der Waals surface area contributed by atoms with Crippen molar-refractivity contribution >= 4 is 12.0 Å². The van der Waals surface area contributed by atoms with Crippen LogP contribution in [0.5, 0.6) is 0 Å². The van der Waals surface area contributed by atoms with Gasteiger partial charge in [-0.1, -0.05) is 44.2 Å². The lowest BCUT2D eigenvalue weighted by Gasteiger charge is -2.23. The Balaban J connectivity index is 2.06. The monoisotopic (exact) mass is 276 g/mol. The van der Waals surface area contributed by atoms with Gasteiger partial charge >= 0.3 is 12.0 Å². The first-order chi connectivity index (χ1) is 9.39. The topological polar surface area (TPSA) is 69.6 Å². The Morgan fingerprint density at radius 3 is 2.45 bits per heavy atom. The van der Waals surface area contributed by atoms with E-state index >= 15 is 0 Å². The third-order valence-electron chi connectivity index (χ3n) is 3.61. The summed E-state index contributed by atoms with van der Waals surface area (Å²) in [5, 5.41) is 11.9. The molecule has 5 nitrogen and oxygen atoms in total. The summed E-state index contributed by atoms with van der Waals surface area (Å²) < 4.78 is 0. The molecule has 20 heavy (non-hydrogen) atoms. The number of hydrogen-bond donors (Lipinski definition) is 2. The highest BCUT2D eigenvalue weighted by Gasteiger charge is 2.33. The molecule has 108 valence electrons. The van der Waals surface area contributed by atoms with Crippen LogP contribution < -0.4 is 5.32 Å². The van der Waals surface area contributed by atoms with Crippen molar-refractivity contribution in [2.75, 3.05) is 13.1 Å². The number of carbonyl (C=O) groups excluding carboxylic acids is 1. The zero-order chi connectivity index (χ0) is 14.8. The summed E-state index contributed by atoms with van der Waals surface area (Å²) in [4.78, 5) is 25.2. The van der Waals surface area contributed by atoms with E-state index in [2.05, 4.69) is 19.2 Å². The molecule has 1 atom stereocenters. The second kappa shape index (κ2) is 5.53. The molecule has 0 saturated carbocycles. The van der Waals surface area contributed by atoms with Gasteiger partial charge in [0.2, 0.25) is 0 Å². The van der Waals surface area contributed by atoms with E-state index in [9.17, 15) is 14.7 Å². The predicted molar refractivity (Wildman–Crippen MR) is 75.3 cm³/mol. The molecular weight excluding hydrogens is 256 g/mol. The lowest BCUT2D eigenvalue weighted by molar-refractivity contribution is -0.139. The fraction of sp³-hybridized carbons (Fsp3) is 0.467. The van der Waals surface area contributed by atoms with Gasteiger partial charge < -0.3 is 15.3 Å². The third kappa shape index (κ3) is 3.29. The highest BCUT2D eigenvalue weighted by molar-refractivity contribution is 5.83. The maximum absolute atomic E-state index is 12.2. The molecular formula is C15H20N2O3. The van der Waals surface area contributed by atoms with Gasteiger partial charge in [-0.05, 0) is 17.4 Å². The highest BCUT2D eigenvalue weighted by Crippen LogP contribution is 2.29. The Bertz CT molecular complexity index is 499. The molecule has 2 rings (SSSR count). The van der Waals surface area contributed by atoms with Crippen LogP contribution in [0.4, 0.5) is 4.79 Å². The second-order valence-corrected chi connectivity index (χ2v) is 5.97. The number of hydrogen-bond acceptors (Lipinski definition) is 2. The normalized spacial score (nSPS) is 18.6. The van der Waals surface area contributed by atoms with E-state index in [4.69, 9.17) is 0 Å². The molecule has 0 aliphatic carbocycles. The van der Waals surface area contributed by atoms with Gasteiger partial charge in [0, 0.05) is 13.1 Å². The van der Waals surface area contributed by atoms with Crippen molar-refractivity contribution in [2.45, 2.75) is 26.3 Å². The molecule has 2 N–H and O–H groups in total. The van der Waals surface area contributed by atoms with Crippen molar-refractivity contribution in [1.29, 1.82) is 0 Å². The predicted octanol–water partition coefficient (Wildman–Crippen LogP) is 2.25. The van der Waals surface area contributed by atoms with Gasteiger partial charge in [0.05, 0.1) is 0 Å². The lowest BCUT2D eigenvalue weighted by Crippen LogP contribution is -2.43. The Morgan fingerprint density at radius 1 is 1.30 bits per heavy atom. The van der Waals surface area contributed by atoms with Crippen LogP contribution in [-0.2, 0) is 4.79 Å². The average molecular weight is 276 g/mol. The molecule has 1 aliphatic heterocycles. The number of rotatable bonds is 3. The summed E-state index contributed by atoms with van der Waals surface area (Å²) in [6, 6.07) is 7.42. The van der Waals surface area contributed by atoms with Gasteiger partial charge in [-0.15, -0.1) is 0 Å². The molecule has 0 spiro atoms. The number of carbonyl (C=O) groups is 2. The average Bonchev–Trinajstić information content (AvgIpc) is 2.77. The van der Waals surface area contributed by atoms with Crippen LogP contribution in [0, 0.1) is 5.41 Å². The highest BCUT2D eigenvalue weighted by atomic mass is 16.4. The lowest BCUT2D eigenvalue weighted by atomic mass is 9.93. The van der Waals surface area contributed by atoms with Gasteiger partial charge in [-0.3, -0.25) is 0 Å². The number of carboxylic acid groups (broad SMARTS) is 1. The molecule has 1 aromatic rings. The number of amides is 2. The first-order valence-electron chi connectivity index (χ1n) is 6.72. The van der Waals surface area contributed by atoms with E-state index in [0.717, 1.165) is 6.42 Å². The first-order valence-corrected chi connectivity index (χ1v) is 6.72. The summed E-state index contributed by atoms with van der Waals surface area (Å²) in [6.07, 6.45) is 0.934. The number of likely N-dealkylation sites (tertiary alicyclic amines) is 1. The summed E-state index contributed by atoms with van der Waals surface area (Å²) >= 11 is 0. The molecule has 1 heterocycles. The summed E-state index contributed by atoms with van der Waals surface area (Å²) in [5.74, 6) is -1.05. The molecule has 5 heteroatoms. The van der Waals surface area contributed by atoms with E-state index in [-0.39, 0.29) is 11.4 Å². The molecule has 1 aliphatic rings. The third-order valence-corrected chi connectivity index (χ3v) is 3.61. The van der Waals surface area contributed by atoms with Crippen molar-refractivity contribution in [1.82, 2.24) is 10.2 Å². The van der Waals surface area contributed by atoms with E-state index in [1.165, 1.54) is 0 Å². The van der Waals surface area contributed by atoms with Crippen LogP contribution >= 0.6 is 0 Å². The zero-order valence-electron chi connectivity index (χ0n) is 11.8. The van der Waals surface area contributed by atoms with Gasteiger partial charge in [-0.2, -0.15) is 0 Å². The largest absolute Gasteiger partial charge is 0.479 e. The molecule has 0 bridgehead atoms. The van der Waals surface area contributed by atoms with E-state index in [0.29, 0.717) is 18.7 Å². The Hall–Kier alpha value is -2.04. The number of aliphatic carboxylic acids is 1. The van der Waals surface area contributed by atoms with Crippen LogP contribution in [0.25, 0.3) is 0 Å². The van der Waals surface area contributed by atoms with Crippen LogP contribution in [-0.4, -0.2) is 35.1 Å². The Kier molecular flexibility index (Phi) is 3.97. The fourth-order valence-corrected chi connectivity index (χ4v) is 2.43. The Morgan fingerprint density at radius 2 is 1.95 bits per heavy atom. The summed E-state index contributed by atoms with van der Waals surface area (Å²) in [7, 11) is 0. The minimum absolute atomic E-state index is 0.100. The van der Waals surface area contributed by atoms with Crippen molar-refractivity contribution in [2.24, 2.45) is 5.41 Å². The number of nitrogens with zero attached hydrogens (tertiary/aromatic N) is 1. The van der Waals surface area contributed by atoms with Crippen molar-refractivity contribution in [3.8, 4) is 0 Å². The van der Waals surface area contributed by atoms with E-state index < -0.39 is 12.0 Å². The number of benzene rings is 1. The van der Waals surface area contributed by atoms with Crippen LogP contribution in [0.3, 0.4) is 0 Å². The smallest absolute Gasteiger partial charge is 0.330 e. The molecule has 1 saturated heterocycles.